The predicted octanol–water partition coefficient (Wildman–Crippen LogP) is 2.88. The SMILES string of the molecule is C=CCSc1nc2c(c(=O)[nH]1)[C@@H](C(=O)Nc1cccc(Br)c1)CC(=O)N2. The van der Waals surface area contributed by atoms with Crippen LogP contribution in [0.5, 0.6) is 0 Å². The molecule has 26 heavy (non-hydrogen) atoms. The van der Waals surface area contributed by atoms with Gasteiger partial charge in [-0.25, -0.2) is 4.98 Å². The molecule has 0 fully saturated rings. The Morgan fingerprint density at radius 2 is 2.27 bits per heavy atom. The van der Waals surface area contributed by atoms with E-state index in [1.807, 2.05) is 6.07 Å². The van der Waals surface area contributed by atoms with Crippen LogP contribution in [0, 0.1) is 0 Å². The zero-order chi connectivity index (χ0) is 18.7. The molecule has 3 rings (SSSR count). The number of H-pyrrole nitrogens is 1. The van der Waals surface area contributed by atoms with Crippen LogP contribution in [-0.4, -0.2) is 27.5 Å². The number of benzene rings is 1. The van der Waals surface area contributed by atoms with Crippen molar-refractivity contribution in [2.24, 2.45) is 0 Å². The molecule has 0 aliphatic carbocycles. The molecule has 1 aliphatic heterocycles. The topological polar surface area (TPSA) is 104 Å². The first-order valence-corrected chi connectivity index (χ1v) is 9.50. The summed E-state index contributed by atoms with van der Waals surface area (Å²) >= 11 is 4.61. The van der Waals surface area contributed by atoms with Crippen LogP contribution in [0.15, 0.2) is 51.3 Å². The lowest BCUT2D eigenvalue weighted by molar-refractivity contribution is -0.123. The van der Waals surface area contributed by atoms with E-state index >= 15 is 0 Å². The summed E-state index contributed by atoms with van der Waals surface area (Å²) in [5.74, 6) is -1.01. The van der Waals surface area contributed by atoms with Gasteiger partial charge >= 0.3 is 0 Å². The zero-order valence-electron chi connectivity index (χ0n) is 13.5. The molecule has 0 radical (unpaired) electrons. The van der Waals surface area contributed by atoms with Gasteiger partial charge in [-0.1, -0.05) is 39.8 Å². The normalized spacial score (nSPS) is 15.7. The van der Waals surface area contributed by atoms with Gasteiger partial charge in [0.2, 0.25) is 11.8 Å². The highest BCUT2D eigenvalue weighted by Gasteiger charge is 2.34. The largest absolute Gasteiger partial charge is 0.326 e. The van der Waals surface area contributed by atoms with Gasteiger partial charge in [0.05, 0.1) is 11.5 Å². The zero-order valence-corrected chi connectivity index (χ0v) is 15.9. The lowest BCUT2D eigenvalue weighted by Crippen LogP contribution is -2.36. The monoisotopic (exact) mass is 434 g/mol. The predicted molar refractivity (Wildman–Crippen MR) is 105 cm³/mol. The van der Waals surface area contributed by atoms with Crippen LogP contribution in [0.2, 0.25) is 0 Å². The van der Waals surface area contributed by atoms with Gasteiger partial charge < -0.3 is 15.6 Å². The highest BCUT2D eigenvalue weighted by atomic mass is 79.9. The molecule has 1 aliphatic rings. The van der Waals surface area contributed by atoms with E-state index in [4.69, 9.17) is 0 Å². The highest BCUT2D eigenvalue weighted by molar-refractivity contribution is 9.10. The Morgan fingerprint density at radius 1 is 1.46 bits per heavy atom. The van der Waals surface area contributed by atoms with Gasteiger partial charge in [-0.2, -0.15) is 0 Å². The fraction of sp³-hybridized carbons (Fsp3) is 0.176. The molecule has 0 bridgehead atoms. The minimum absolute atomic E-state index is 0.114. The van der Waals surface area contributed by atoms with Crippen molar-refractivity contribution in [3.8, 4) is 0 Å². The van der Waals surface area contributed by atoms with E-state index in [2.05, 4.69) is 43.1 Å². The molecular formula is C17H15BrN4O3S. The van der Waals surface area contributed by atoms with Gasteiger partial charge in [0.1, 0.15) is 5.82 Å². The Balaban J connectivity index is 1.92. The van der Waals surface area contributed by atoms with Crippen LogP contribution in [-0.2, 0) is 9.59 Å². The summed E-state index contributed by atoms with van der Waals surface area (Å²) in [6.45, 7) is 3.61. The van der Waals surface area contributed by atoms with Gasteiger partial charge in [-0.3, -0.25) is 14.4 Å². The van der Waals surface area contributed by atoms with Gasteiger partial charge in [0.25, 0.3) is 5.56 Å². The number of nitrogens with one attached hydrogen (secondary N) is 3. The van der Waals surface area contributed by atoms with Crippen LogP contribution in [0.25, 0.3) is 0 Å². The smallest absolute Gasteiger partial charge is 0.257 e. The second-order valence-corrected chi connectivity index (χ2v) is 7.46. The number of hydrogen-bond acceptors (Lipinski definition) is 5. The second kappa shape index (κ2) is 7.88. The number of fused-ring (bicyclic) bond motifs is 1. The minimum Gasteiger partial charge on any atom is -0.326 e. The Kier molecular flexibility index (Phi) is 5.58. The molecule has 2 heterocycles. The molecule has 3 N–H and O–H groups in total. The first kappa shape index (κ1) is 18.4. The van der Waals surface area contributed by atoms with E-state index in [0.29, 0.717) is 16.6 Å². The van der Waals surface area contributed by atoms with Crippen LogP contribution < -0.4 is 16.2 Å². The Morgan fingerprint density at radius 3 is 3.00 bits per heavy atom. The quantitative estimate of drug-likeness (QED) is 0.381. The van der Waals surface area contributed by atoms with E-state index in [1.54, 1.807) is 24.3 Å². The Labute approximate surface area is 161 Å². The van der Waals surface area contributed by atoms with E-state index in [1.165, 1.54) is 11.8 Å². The van der Waals surface area contributed by atoms with Crippen molar-refractivity contribution in [1.82, 2.24) is 9.97 Å². The number of hydrogen-bond donors (Lipinski definition) is 3. The number of carbonyl (C=O) groups is 2. The molecule has 0 spiro atoms. The first-order chi connectivity index (χ1) is 12.5. The van der Waals surface area contributed by atoms with Crippen LogP contribution in [0.1, 0.15) is 17.9 Å². The van der Waals surface area contributed by atoms with E-state index < -0.39 is 17.4 Å². The number of aromatic amines is 1. The first-order valence-electron chi connectivity index (χ1n) is 7.72. The Bertz CT molecular complexity index is 944. The fourth-order valence-corrected chi connectivity index (χ4v) is 3.57. The summed E-state index contributed by atoms with van der Waals surface area (Å²) in [5.41, 5.74) is 0.301. The fourth-order valence-electron chi connectivity index (χ4n) is 2.58. The number of carbonyl (C=O) groups excluding carboxylic acids is 2. The van der Waals surface area contributed by atoms with Crippen molar-refractivity contribution < 1.29 is 9.59 Å². The van der Waals surface area contributed by atoms with E-state index in [0.717, 1.165) is 4.47 Å². The molecule has 1 aromatic carbocycles. The minimum atomic E-state index is -0.910. The maximum Gasteiger partial charge on any atom is 0.257 e. The highest BCUT2D eigenvalue weighted by Crippen LogP contribution is 2.30. The van der Waals surface area contributed by atoms with Crippen molar-refractivity contribution in [2.45, 2.75) is 17.5 Å². The van der Waals surface area contributed by atoms with Crippen molar-refractivity contribution in [2.75, 3.05) is 16.4 Å². The maximum absolute atomic E-state index is 12.7. The number of anilines is 2. The number of rotatable bonds is 5. The van der Waals surface area contributed by atoms with Crippen molar-refractivity contribution in [3.63, 3.8) is 0 Å². The standard InChI is InChI=1S/C17H15BrN4O3S/c1-2-6-26-17-21-14-13(16(25)22-17)11(8-12(23)20-14)15(24)19-10-5-3-4-9(18)7-10/h2-5,7,11H,1,6,8H2,(H,19,24)(H2,20,21,22,23,25)/t11-/m0/s1. The third kappa shape index (κ3) is 4.05. The summed E-state index contributed by atoms with van der Waals surface area (Å²) in [4.78, 5) is 44.1. The van der Waals surface area contributed by atoms with Crippen molar-refractivity contribution >= 4 is 51.0 Å². The van der Waals surface area contributed by atoms with Gasteiger partial charge in [0.15, 0.2) is 5.16 Å². The summed E-state index contributed by atoms with van der Waals surface area (Å²) in [6, 6.07) is 7.07. The second-order valence-electron chi connectivity index (χ2n) is 5.54. The van der Waals surface area contributed by atoms with Gasteiger partial charge in [-0.05, 0) is 18.2 Å². The summed E-state index contributed by atoms with van der Waals surface area (Å²) in [5, 5.41) is 5.68. The number of halogens is 1. The van der Waals surface area contributed by atoms with E-state index in [9.17, 15) is 14.4 Å². The summed E-state index contributed by atoms with van der Waals surface area (Å²) in [7, 11) is 0. The molecule has 9 heteroatoms. The average molecular weight is 435 g/mol. The molecule has 134 valence electrons. The van der Waals surface area contributed by atoms with Gasteiger partial charge in [-0.15, -0.1) is 6.58 Å². The molecule has 2 aromatic rings. The molecule has 0 unspecified atom stereocenters. The van der Waals surface area contributed by atoms with Crippen molar-refractivity contribution in [1.29, 1.82) is 0 Å². The lowest BCUT2D eigenvalue weighted by Gasteiger charge is -2.23. The molecule has 0 saturated carbocycles. The summed E-state index contributed by atoms with van der Waals surface area (Å²) in [6.07, 6.45) is 1.56. The molecular weight excluding hydrogens is 420 g/mol. The number of aromatic nitrogens is 2. The van der Waals surface area contributed by atoms with Crippen LogP contribution in [0.4, 0.5) is 11.5 Å². The molecule has 7 nitrogen and oxygen atoms in total. The van der Waals surface area contributed by atoms with E-state index in [-0.39, 0.29) is 23.7 Å². The number of nitrogens with zero attached hydrogens (tertiary/aromatic N) is 1. The van der Waals surface area contributed by atoms with Crippen LogP contribution in [0.3, 0.4) is 0 Å². The molecule has 0 saturated heterocycles. The maximum atomic E-state index is 12.7. The summed E-state index contributed by atoms with van der Waals surface area (Å²) < 4.78 is 0.806. The van der Waals surface area contributed by atoms with Crippen LogP contribution >= 0.6 is 27.7 Å². The molecule has 1 aromatic heterocycles. The molecule has 1 atom stereocenters. The lowest BCUT2D eigenvalue weighted by atomic mass is 9.92. The van der Waals surface area contributed by atoms with Gasteiger partial charge in [0, 0.05) is 22.3 Å². The number of thioether (sulfide) groups is 1. The third-order valence-electron chi connectivity index (χ3n) is 3.68. The number of amides is 2. The van der Waals surface area contributed by atoms with Crippen molar-refractivity contribution in [3.05, 3.63) is 57.3 Å². The third-order valence-corrected chi connectivity index (χ3v) is 5.04. The molecule has 2 amide bonds. The Hall–Kier alpha value is -2.39. The average Bonchev–Trinajstić information content (AvgIpc) is 2.58.